The maximum absolute atomic E-state index is 6.05. The van der Waals surface area contributed by atoms with Crippen molar-refractivity contribution in [2.24, 2.45) is 17.6 Å². The molecular weight excluding hydrogens is 238 g/mol. The number of furan rings is 1. The predicted molar refractivity (Wildman–Crippen MR) is 74.3 cm³/mol. The van der Waals surface area contributed by atoms with Gasteiger partial charge in [0.15, 0.2) is 0 Å². The van der Waals surface area contributed by atoms with Gasteiger partial charge in [-0.1, -0.05) is 0 Å². The molecule has 3 nitrogen and oxygen atoms in total. The quantitative estimate of drug-likeness (QED) is 0.894. The summed E-state index contributed by atoms with van der Waals surface area (Å²) in [7, 11) is 0. The lowest BCUT2D eigenvalue weighted by atomic mass is 10.0. The van der Waals surface area contributed by atoms with E-state index in [1.165, 1.54) is 30.2 Å². The summed E-state index contributed by atoms with van der Waals surface area (Å²) in [6, 6.07) is 6.14. The molecule has 0 radical (unpaired) electrons. The van der Waals surface area contributed by atoms with Gasteiger partial charge in [-0.2, -0.15) is 0 Å². The molecule has 0 unspecified atom stereocenters. The summed E-state index contributed by atoms with van der Waals surface area (Å²) in [6.07, 6.45) is 5.58. The highest BCUT2D eigenvalue weighted by atomic mass is 16.5. The largest absolute Gasteiger partial charge is 0.493 e. The Labute approximate surface area is 112 Å². The zero-order valence-corrected chi connectivity index (χ0v) is 11.0. The SMILES string of the molecule is NC[C@@H]1C[C@H]1c1c(OCC2CC2)ccc2occc12. The van der Waals surface area contributed by atoms with Crippen LogP contribution in [0.4, 0.5) is 0 Å². The van der Waals surface area contributed by atoms with Crippen LogP contribution in [0.25, 0.3) is 11.0 Å². The lowest BCUT2D eigenvalue weighted by molar-refractivity contribution is 0.297. The molecule has 1 aromatic carbocycles. The van der Waals surface area contributed by atoms with Gasteiger partial charge in [0.25, 0.3) is 0 Å². The van der Waals surface area contributed by atoms with Gasteiger partial charge in [-0.3, -0.25) is 0 Å². The van der Waals surface area contributed by atoms with Crippen molar-refractivity contribution in [3.05, 3.63) is 30.0 Å². The fraction of sp³-hybridized carbons (Fsp3) is 0.500. The normalized spacial score (nSPS) is 25.7. The molecule has 3 heteroatoms. The highest BCUT2D eigenvalue weighted by molar-refractivity contribution is 5.84. The molecule has 100 valence electrons. The van der Waals surface area contributed by atoms with Crippen molar-refractivity contribution in [2.75, 3.05) is 13.2 Å². The number of rotatable bonds is 5. The summed E-state index contributed by atoms with van der Waals surface area (Å²) in [5.41, 5.74) is 8.08. The molecule has 0 bridgehead atoms. The van der Waals surface area contributed by atoms with Crippen LogP contribution < -0.4 is 10.5 Å². The summed E-state index contributed by atoms with van der Waals surface area (Å²) in [4.78, 5) is 0. The molecule has 2 atom stereocenters. The van der Waals surface area contributed by atoms with Crippen molar-refractivity contribution >= 4 is 11.0 Å². The number of nitrogens with two attached hydrogens (primary N) is 1. The molecule has 2 N–H and O–H groups in total. The second kappa shape index (κ2) is 4.27. The van der Waals surface area contributed by atoms with Gasteiger partial charge in [0.2, 0.25) is 0 Å². The van der Waals surface area contributed by atoms with Crippen LogP contribution in [0.15, 0.2) is 28.9 Å². The van der Waals surface area contributed by atoms with Gasteiger partial charge >= 0.3 is 0 Å². The molecule has 0 saturated heterocycles. The Hall–Kier alpha value is -1.48. The van der Waals surface area contributed by atoms with Crippen molar-refractivity contribution < 1.29 is 9.15 Å². The molecule has 0 spiro atoms. The average Bonchev–Trinajstić information content (AvgIpc) is 3.33. The molecule has 2 aliphatic rings. The van der Waals surface area contributed by atoms with E-state index in [9.17, 15) is 0 Å². The minimum absolute atomic E-state index is 0.556. The summed E-state index contributed by atoms with van der Waals surface area (Å²) in [6.45, 7) is 1.62. The lowest BCUT2D eigenvalue weighted by Gasteiger charge is -2.12. The van der Waals surface area contributed by atoms with Crippen LogP contribution in [0.1, 0.15) is 30.7 Å². The first-order valence-corrected chi connectivity index (χ1v) is 7.20. The maximum Gasteiger partial charge on any atom is 0.134 e. The van der Waals surface area contributed by atoms with E-state index in [0.29, 0.717) is 11.8 Å². The van der Waals surface area contributed by atoms with Crippen molar-refractivity contribution in [1.82, 2.24) is 0 Å². The van der Waals surface area contributed by atoms with Gasteiger partial charge in [-0.25, -0.2) is 0 Å². The fourth-order valence-electron chi connectivity index (χ4n) is 2.91. The summed E-state index contributed by atoms with van der Waals surface area (Å²) in [5.74, 6) is 2.99. The molecule has 0 aliphatic heterocycles. The average molecular weight is 257 g/mol. The van der Waals surface area contributed by atoms with E-state index >= 15 is 0 Å². The number of benzene rings is 1. The predicted octanol–water partition coefficient (Wildman–Crippen LogP) is 3.28. The van der Waals surface area contributed by atoms with Crippen LogP contribution in [-0.2, 0) is 0 Å². The van der Waals surface area contributed by atoms with E-state index in [0.717, 1.165) is 30.4 Å². The molecule has 2 fully saturated rings. The molecule has 2 aliphatic carbocycles. The summed E-state index contributed by atoms with van der Waals surface area (Å²) < 4.78 is 11.6. The maximum atomic E-state index is 6.05. The minimum atomic E-state index is 0.556. The van der Waals surface area contributed by atoms with E-state index in [-0.39, 0.29) is 0 Å². The zero-order chi connectivity index (χ0) is 12.8. The number of fused-ring (bicyclic) bond motifs is 1. The van der Waals surface area contributed by atoms with Crippen molar-refractivity contribution in [3.63, 3.8) is 0 Å². The van der Waals surface area contributed by atoms with Gasteiger partial charge < -0.3 is 14.9 Å². The van der Waals surface area contributed by atoms with Gasteiger partial charge in [0, 0.05) is 10.9 Å². The molecular formula is C16H19NO2. The highest BCUT2D eigenvalue weighted by Crippen LogP contribution is 2.52. The highest BCUT2D eigenvalue weighted by Gasteiger charge is 2.40. The number of hydrogen-bond donors (Lipinski definition) is 1. The fourth-order valence-corrected chi connectivity index (χ4v) is 2.91. The van der Waals surface area contributed by atoms with E-state index < -0.39 is 0 Å². The third kappa shape index (κ3) is 2.02. The molecule has 1 heterocycles. The number of hydrogen-bond acceptors (Lipinski definition) is 3. The van der Waals surface area contributed by atoms with Gasteiger partial charge in [-0.05, 0) is 61.8 Å². The monoisotopic (exact) mass is 257 g/mol. The second-order valence-electron chi connectivity index (χ2n) is 5.90. The van der Waals surface area contributed by atoms with E-state index in [1.54, 1.807) is 6.26 Å². The van der Waals surface area contributed by atoms with Crippen LogP contribution >= 0.6 is 0 Å². The van der Waals surface area contributed by atoms with Crippen molar-refractivity contribution in [1.29, 1.82) is 0 Å². The minimum Gasteiger partial charge on any atom is -0.493 e. The summed E-state index contributed by atoms with van der Waals surface area (Å²) in [5, 5.41) is 1.20. The van der Waals surface area contributed by atoms with E-state index in [2.05, 4.69) is 12.1 Å². The van der Waals surface area contributed by atoms with Crippen LogP contribution in [0.5, 0.6) is 5.75 Å². The zero-order valence-electron chi connectivity index (χ0n) is 11.0. The Morgan fingerprint density at radius 2 is 2.16 bits per heavy atom. The Bertz CT molecular complexity index is 600. The molecule has 4 rings (SSSR count). The van der Waals surface area contributed by atoms with Gasteiger partial charge in [-0.15, -0.1) is 0 Å². The van der Waals surface area contributed by atoms with E-state index in [1.807, 2.05) is 6.07 Å². The topological polar surface area (TPSA) is 48.4 Å². The van der Waals surface area contributed by atoms with Gasteiger partial charge in [0.05, 0.1) is 12.9 Å². The Balaban J connectivity index is 1.71. The Morgan fingerprint density at radius 3 is 2.89 bits per heavy atom. The Morgan fingerprint density at radius 1 is 1.26 bits per heavy atom. The van der Waals surface area contributed by atoms with Gasteiger partial charge in [0.1, 0.15) is 11.3 Å². The second-order valence-corrected chi connectivity index (χ2v) is 5.90. The molecule has 2 aromatic rings. The molecule has 0 amide bonds. The van der Waals surface area contributed by atoms with Crippen LogP contribution in [0.2, 0.25) is 0 Å². The molecule has 19 heavy (non-hydrogen) atoms. The van der Waals surface area contributed by atoms with Crippen molar-refractivity contribution in [2.45, 2.75) is 25.2 Å². The van der Waals surface area contributed by atoms with E-state index in [4.69, 9.17) is 14.9 Å². The molecule has 2 saturated carbocycles. The smallest absolute Gasteiger partial charge is 0.134 e. The number of ether oxygens (including phenoxy) is 1. The lowest BCUT2D eigenvalue weighted by Crippen LogP contribution is -2.05. The first-order chi connectivity index (χ1) is 9.36. The summed E-state index contributed by atoms with van der Waals surface area (Å²) >= 11 is 0. The van der Waals surface area contributed by atoms with Crippen LogP contribution in [0, 0.1) is 11.8 Å². The first-order valence-electron chi connectivity index (χ1n) is 7.20. The van der Waals surface area contributed by atoms with Crippen molar-refractivity contribution in [3.8, 4) is 5.75 Å². The Kier molecular flexibility index (Phi) is 2.55. The first kappa shape index (κ1) is 11.4. The third-order valence-electron chi connectivity index (χ3n) is 4.40. The molecule has 1 aromatic heterocycles. The van der Waals surface area contributed by atoms with Crippen LogP contribution in [0.3, 0.4) is 0 Å². The third-order valence-corrected chi connectivity index (χ3v) is 4.40. The standard InChI is InChI=1S/C16H19NO2/c17-8-11-7-13(11)16-12-5-6-18-14(12)3-4-15(16)19-9-10-1-2-10/h3-6,10-11,13H,1-2,7-9,17H2/t11-,13+/m0/s1. The van der Waals surface area contributed by atoms with Crippen LogP contribution in [-0.4, -0.2) is 13.2 Å².